The first kappa shape index (κ1) is 19.9. The minimum atomic E-state index is -0.425. The number of ketones is 1. The smallest absolute Gasteiger partial charge is 0.313 e. The average molecular weight is 296 g/mol. The number of Topliss-reactive ketones (excluding diaryl/α,β-unsaturated/α-hetero) is 1. The van der Waals surface area contributed by atoms with Gasteiger partial charge in [-0.15, -0.1) is 0 Å². The summed E-state index contributed by atoms with van der Waals surface area (Å²) >= 11 is 0. The molecule has 0 heterocycles. The lowest BCUT2D eigenvalue weighted by molar-refractivity contribution is -0.143. The van der Waals surface area contributed by atoms with Crippen LogP contribution >= 0.6 is 0 Å². The van der Waals surface area contributed by atoms with Crippen molar-refractivity contribution in [2.45, 2.75) is 78.1 Å². The van der Waals surface area contributed by atoms with Gasteiger partial charge in [0.15, 0.2) is 0 Å². The molecular weight excluding hydrogens is 264 g/mol. The molecule has 0 spiro atoms. The number of carbonyl (C=O) groups excluding carboxylic acids is 2. The zero-order chi connectivity index (χ0) is 15.9. The van der Waals surface area contributed by atoms with Gasteiger partial charge in [-0.25, -0.2) is 0 Å². The molecule has 0 aliphatic carbocycles. The van der Waals surface area contributed by atoms with Gasteiger partial charge in [-0.3, -0.25) is 9.59 Å². The summed E-state index contributed by atoms with van der Waals surface area (Å²) in [5, 5.41) is 0. The van der Waals surface area contributed by atoms with E-state index in [9.17, 15) is 9.59 Å². The number of rotatable bonds is 13. The van der Waals surface area contributed by atoms with Gasteiger partial charge in [-0.1, -0.05) is 51.7 Å². The highest BCUT2D eigenvalue weighted by atomic mass is 16.5. The third-order valence-electron chi connectivity index (χ3n) is 3.42. The molecule has 21 heavy (non-hydrogen) atoms. The van der Waals surface area contributed by atoms with E-state index in [4.69, 9.17) is 0 Å². The maximum absolute atomic E-state index is 11.4. The van der Waals surface area contributed by atoms with E-state index in [-0.39, 0.29) is 12.2 Å². The minimum Gasteiger partial charge on any atom is -0.469 e. The van der Waals surface area contributed by atoms with Crippen molar-refractivity contribution >= 4 is 11.8 Å². The number of hydrogen-bond acceptors (Lipinski definition) is 3. The monoisotopic (exact) mass is 296 g/mol. The molecule has 3 nitrogen and oxygen atoms in total. The average Bonchev–Trinajstić information content (AvgIpc) is 2.44. The molecule has 0 aromatic carbocycles. The molecule has 0 aliphatic rings. The summed E-state index contributed by atoms with van der Waals surface area (Å²) in [4.78, 5) is 22.3. The van der Waals surface area contributed by atoms with Crippen molar-refractivity contribution in [3.63, 3.8) is 0 Å². The summed E-state index contributed by atoms with van der Waals surface area (Å²) < 4.78 is 4.47. The second kappa shape index (κ2) is 13.8. The summed E-state index contributed by atoms with van der Waals surface area (Å²) in [5.74, 6) is 0.325. The number of allylic oxidation sites excluding steroid dienone is 2. The summed E-state index contributed by atoms with van der Waals surface area (Å²) in [5.41, 5.74) is 0. The maximum atomic E-state index is 11.4. The Balaban J connectivity index is 3.27. The van der Waals surface area contributed by atoms with Crippen LogP contribution in [0.25, 0.3) is 0 Å². The minimum absolute atomic E-state index is 0.00265. The highest BCUT2D eigenvalue weighted by Gasteiger charge is 2.08. The zero-order valence-electron chi connectivity index (χ0n) is 14.0. The lowest BCUT2D eigenvalue weighted by Crippen LogP contribution is -2.08. The van der Waals surface area contributed by atoms with Gasteiger partial charge in [0.1, 0.15) is 12.2 Å². The maximum Gasteiger partial charge on any atom is 0.313 e. The number of methoxy groups -OCH3 is 1. The number of carbonyl (C=O) groups is 2. The van der Waals surface area contributed by atoms with Crippen molar-refractivity contribution in [1.29, 1.82) is 0 Å². The number of esters is 1. The van der Waals surface area contributed by atoms with E-state index < -0.39 is 5.97 Å². The van der Waals surface area contributed by atoms with Crippen LogP contribution in [0.5, 0.6) is 0 Å². The predicted molar refractivity (Wildman–Crippen MR) is 87.2 cm³/mol. The van der Waals surface area contributed by atoms with Gasteiger partial charge >= 0.3 is 5.97 Å². The quantitative estimate of drug-likeness (QED) is 0.211. The van der Waals surface area contributed by atoms with Crippen molar-refractivity contribution in [1.82, 2.24) is 0 Å². The summed E-state index contributed by atoms with van der Waals surface area (Å²) in [6.07, 6.45) is 14.3. The normalized spacial score (nSPS) is 11.2. The topological polar surface area (TPSA) is 43.4 Å². The third kappa shape index (κ3) is 15.1. The lowest BCUT2D eigenvalue weighted by Gasteiger charge is -2.01. The molecule has 0 saturated heterocycles. The van der Waals surface area contributed by atoms with Gasteiger partial charge in [0, 0.05) is 6.42 Å². The molecule has 3 heteroatoms. The highest BCUT2D eigenvalue weighted by Crippen LogP contribution is 2.10. The SMILES string of the molecule is COC(=O)CC(=O)CCCCCCCC/C=C/CC(C)C. The molecule has 0 saturated carbocycles. The number of hydrogen-bond donors (Lipinski definition) is 0. The molecule has 122 valence electrons. The van der Waals surface area contributed by atoms with Crippen LogP contribution in [0.3, 0.4) is 0 Å². The Bertz CT molecular complexity index is 306. The standard InChI is InChI=1S/C18H32O3/c1-16(2)13-11-9-7-5-4-6-8-10-12-14-17(19)15-18(20)21-3/h9,11,16H,4-8,10,12-15H2,1-3H3/b11-9+. The largest absolute Gasteiger partial charge is 0.469 e. The van der Waals surface area contributed by atoms with Crippen molar-refractivity contribution in [3.8, 4) is 0 Å². The molecule has 0 aliphatic heterocycles. The van der Waals surface area contributed by atoms with Crippen LogP contribution in [0.2, 0.25) is 0 Å². The summed E-state index contributed by atoms with van der Waals surface area (Å²) in [6, 6.07) is 0. The first-order valence-corrected chi connectivity index (χ1v) is 8.29. The van der Waals surface area contributed by atoms with Gasteiger partial charge < -0.3 is 4.74 Å². The molecule has 0 aromatic rings. The Labute approximate surface area is 130 Å². The number of unbranched alkanes of at least 4 members (excludes halogenated alkanes) is 6. The molecule has 0 aromatic heterocycles. The summed E-state index contributed by atoms with van der Waals surface area (Å²) in [6.45, 7) is 4.47. The molecule has 0 radical (unpaired) electrons. The van der Waals surface area contributed by atoms with Gasteiger partial charge in [0.05, 0.1) is 7.11 Å². The molecule has 0 unspecified atom stereocenters. The Hall–Kier alpha value is -1.12. The Morgan fingerprint density at radius 3 is 2.19 bits per heavy atom. The van der Waals surface area contributed by atoms with E-state index in [1.807, 2.05) is 0 Å². The zero-order valence-corrected chi connectivity index (χ0v) is 14.0. The molecule has 0 rings (SSSR count). The van der Waals surface area contributed by atoms with Gasteiger partial charge in [0.2, 0.25) is 0 Å². The van der Waals surface area contributed by atoms with E-state index in [0.717, 1.165) is 18.8 Å². The second-order valence-corrected chi connectivity index (χ2v) is 6.05. The fourth-order valence-corrected chi connectivity index (χ4v) is 2.10. The van der Waals surface area contributed by atoms with Crippen LogP contribution in [-0.2, 0) is 14.3 Å². The van der Waals surface area contributed by atoms with Gasteiger partial charge in [-0.2, -0.15) is 0 Å². The van der Waals surface area contributed by atoms with E-state index in [0.29, 0.717) is 6.42 Å². The Morgan fingerprint density at radius 2 is 1.57 bits per heavy atom. The van der Waals surface area contributed by atoms with Crippen LogP contribution in [0, 0.1) is 5.92 Å². The van der Waals surface area contributed by atoms with Gasteiger partial charge in [0.25, 0.3) is 0 Å². The van der Waals surface area contributed by atoms with E-state index in [2.05, 4.69) is 30.7 Å². The fourth-order valence-electron chi connectivity index (χ4n) is 2.10. The lowest BCUT2D eigenvalue weighted by atomic mass is 10.1. The number of ether oxygens (including phenoxy) is 1. The van der Waals surface area contributed by atoms with Crippen molar-refractivity contribution in [3.05, 3.63) is 12.2 Å². The second-order valence-electron chi connectivity index (χ2n) is 6.05. The van der Waals surface area contributed by atoms with Crippen LogP contribution < -0.4 is 0 Å². The first-order chi connectivity index (χ1) is 10.1. The van der Waals surface area contributed by atoms with Crippen molar-refractivity contribution in [2.24, 2.45) is 5.92 Å². The molecule has 0 fully saturated rings. The van der Waals surface area contributed by atoms with Crippen LogP contribution in [0.4, 0.5) is 0 Å². The fraction of sp³-hybridized carbons (Fsp3) is 0.778. The van der Waals surface area contributed by atoms with Gasteiger partial charge in [-0.05, 0) is 31.6 Å². The van der Waals surface area contributed by atoms with Crippen LogP contribution in [0.1, 0.15) is 78.1 Å². The molecule has 0 atom stereocenters. The van der Waals surface area contributed by atoms with Crippen molar-refractivity contribution < 1.29 is 14.3 Å². The van der Waals surface area contributed by atoms with E-state index in [1.54, 1.807) is 0 Å². The Morgan fingerprint density at radius 1 is 0.952 bits per heavy atom. The molecule has 0 N–H and O–H groups in total. The predicted octanol–water partition coefficient (Wildman–Crippen LogP) is 4.84. The molecule has 0 bridgehead atoms. The van der Waals surface area contributed by atoms with E-state index >= 15 is 0 Å². The molecular formula is C18H32O3. The molecule has 0 amide bonds. The Kier molecular flexibility index (Phi) is 13.1. The third-order valence-corrected chi connectivity index (χ3v) is 3.42. The van der Waals surface area contributed by atoms with Crippen LogP contribution in [0.15, 0.2) is 12.2 Å². The van der Waals surface area contributed by atoms with Crippen LogP contribution in [-0.4, -0.2) is 18.9 Å². The van der Waals surface area contributed by atoms with E-state index in [1.165, 1.54) is 45.6 Å². The first-order valence-electron chi connectivity index (χ1n) is 8.29. The van der Waals surface area contributed by atoms with Crippen molar-refractivity contribution in [2.75, 3.05) is 7.11 Å². The highest BCUT2D eigenvalue weighted by molar-refractivity contribution is 5.95. The summed E-state index contributed by atoms with van der Waals surface area (Å²) in [7, 11) is 1.31.